The average Bonchev–Trinajstić information content (AvgIpc) is 2.74. The first-order chi connectivity index (χ1) is 14.3. The van der Waals surface area contributed by atoms with E-state index in [-0.39, 0.29) is 45.9 Å². The Kier molecular flexibility index (Phi) is 4.94. The number of piperidine rings is 1. The Morgan fingerprint density at radius 2 is 1.40 bits per heavy atom. The van der Waals surface area contributed by atoms with Gasteiger partial charge in [0.2, 0.25) is 0 Å². The molecule has 156 valence electrons. The first kappa shape index (κ1) is 19.9. The van der Waals surface area contributed by atoms with Crippen molar-refractivity contribution in [1.82, 2.24) is 9.80 Å². The van der Waals surface area contributed by atoms with Crippen LogP contribution in [0.15, 0.2) is 24.3 Å². The highest BCUT2D eigenvalue weighted by Crippen LogP contribution is 2.36. The number of likely N-dealkylation sites (tertiary alicyclic amines) is 1. The standard InChI is InChI=1S/C20H20N4O6/c1-12(21-5-3-2-4-6-21)11-22-19(25)16-9-14(23(27)28)7-13-8-15(24(29)30)10-17(18(13)16)20(22)26/h7-10,12H,2-6,11H2,1H3. The second-order valence-corrected chi connectivity index (χ2v) is 7.77. The highest BCUT2D eigenvalue weighted by Gasteiger charge is 2.37. The molecule has 2 amide bonds. The molecule has 0 saturated carbocycles. The monoisotopic (exact) mass is 412 g/mol. The molecule has 0 bridgehead atoms. The van der Waals surface area contributed by atoms with Crippen LogP contribution >= 0.6 is 0 Å². The number of carbonyl (C=O) groups excluding carboxylic acids is 2. The van der Waals surface area contributed by atoms with E-state index in [4.69, 9.17) is 0 Å². The van der Waals surface area contributed by atoms with Gasteiger partial charge in [0.05, 0.1) is 21.0 Å². The first-order valence-corrected chi connectivity index (χ1v) is 9.78. The molecule has 0 radical (unpaired) electrons. The lowest BCUT2D eigenvalue weighted by Crippen LogP contribution is -2.49. The van der Waals surface area contributed by atoms with E-state index in [1.54, 1.807) is 0 Å². The van der Waals surface area contributed by atoms with E-state index < -0.39 is 21.7 Å². The van der Waals surface area contributed by atoms with E-state index in [1.165, 1.54) is 0 Å². The molecule has 2 aromatic carbocycles. The zero-order valence-electron chi connectivity index (χ0n) is 16.4. The Morgan fingerprint density at radius 1 is 0.900 bits per heavy atom. The summed E-state index contributed by atoms with van der Waals surface area (Å²) in [6.07, 6.45) is 3.24. The van der Waals surface area contributed by atoms with Crippen LogP contribution in [0.4, 0.5) is 11.4 Å². The van der Waals surface area contributed by atoms with E-state index in [2.05, 4.69) is 4.90 Å². The van der Waals surface area contributed by atoms with Crippen molar-refractivity contribution in [1.29, 1.82) is 0 Å². The number of amides is 2. The van der Waals surface area contributed by atoms with Crippen molar-refractivity contribution in [2.45, 2.75) is 32.2 Å². The maximum atomic E-state index is 13.2. The van der Waals surface area contributed by atoms with Crippen molar-refractivity contribution < 1.29 is 19.4 Å². The van der Waals surface area contributed by atoms with Crippen molar-refractivity contribution in [3.8, 4) is 0 Å². The van der Waals surface area contributed by atoms with Crippen molar-refractivity contribution >= 4 is 34.0 Å². The molecule has 10 nitrogen and oxygen atoms in total. The second kappa shape index (κ2) is 7.45. The summed E-state index contributed by atoms with van der Waals surface area (Å²) in [5.74, 6) is -1.22. The van der Waals surface area contributed by atoms with Gasteiger partial charge in [-0.05, 0) is 38.2 Å². The molecule has 0 aliphatic carbocycles. The normalized spacial score (nSPS) is 18.0. The number of benzene rings is 2. The van der Waals surface area contributed by atoms with Gasteiger partial charge in [-0.2, -0.15) is 0 Å². The fraction of sp³-hybridized carbons (Fsp3) is 0.400. The van der Waals surface area contributed by atoms with Gasteiger partial charge in [-0.25, -0.2) is 0 Å². The quantitative estimate of drug-likeness (QED) is 0.419. The van der Waals surface area contributed by atoms with Crippen LogP contribution in [0.2, 0.25) is 0 Å². The third-order valence-corrected chi connectivity index (χ3v) is 5.85. The van der Waals surface area contributed by atoms with Crippen LogP contribution in [0, 0.1) is 20.2 Å². The number of hydrogen-bond donors (Lipinski definition) is 0. The molecule has 1 saturated heterocycles. The van der Waals surface area contributed by atoms with Crippen molar-refractivity contribution in [3.05, 3.63) is 55.6 Å². The molecule has 2 aromatic rings. The van der Waals surface area contributed by atoms with Gasteiger partial charge in [0, 0.05) is 42.2 Å². The summed E-state index contributed by atoms with van der Waals surface area (Å²) >= 11 is 0. The molecular formula is C20H20N4O6. The summed E-state index contributed by atoms with van der Waals surface area (Å²) in [5.41, 5.74) is -0.657. The summed E-state index contributed by atoms with van der Waals surface area (Å²) in [6, 6.07) is 4.51. The summed E-state index contributed by atoms with van der Waals surface area (Å²) < 4.78 is 0. The van der Waals surface area contributed by atoms with E-state index in [0.29, 0.717) is 0 Å². The van der Waals surface area contributed by atoms with Crippen LogP contribution < -0.4 is 0 Å². The Hall–Kier alpha value is -3.40. The fourth-order valence-corrected chi connectivity index (χ4v) is 4.32. The van der Waals surface area contributed by atoms with Gasteiger partial charge < -0.3 is 0 Å². The molecular weight excluding hydrogens is 392 g/mol. The summed E-state index contributed by atoms with van der Waals surface area (Å²) in [5, 5.41) is 23.0. The lowest BCUT2D eigenvalue weighted by atomic mass is 9.92. The number of rotatable bonds is 5. The predicted molar refractivity (Wildman–Crippen MR) is 108 cm³/mol. The van der Waals surface area contributed by atoms with Gasteiger partial charge in [-0.3, -0.25) is 39.6 Å². The molecule has 0 aromatic heterocycles. The molecule has 1 atom stereocenters. The lowest BCUT2D eigenvalue weighted by Gasteiger charge is -2.36. The molecule has 1 fully saturated rings. The van der Waals surface area contributed by atoms with Crippen LogP contribution in [0.5, 0.6) is 0 Å². The van der Waals surface area contributed by atoms with Crippen LogP contribution in [-0.2, 0) is 0 Å². The van der Waals surface area contributed by atoms with Gasteiger partial charge >= 0.3 is 0 Å². The largest absolute Gasteiger partial charge is 0.299 e. The lowest BCUT2D eigenvalue weighted by molar-refractivity contribution is -0.385. The van der Waals surface area contributed by atoms with E-state index in [0.717, 1.165) is 61.5 Å². The minimum Gasteiger partial charge on any atom is -0.299 e. The summed E-state index contributed by atoms with van der Waals surface area (Å²) in [6.45, 7) is 3.79. The number of hydrogen-bond acceptors (Lipinski definition) is 7. The van der Waals surface area contributed by atoms with Gasteiger partial charge in [-0.15, -0.1) is 0 Å². The Bertz CT molecular complexity index is 1020. The average molecular weight is 412 g/mol. The SMILES string of the molecule is CC(CN1C(=O)c2cc([N+](=O)[O-])cc3cc([N+](=O)[O-])cc(c23)C1=O)N1CCCCC1. The molecule has 4 rings (SSSR count). The molecule has 10 heteroatoms. The minimum atomic E-state index is -0.654. The molecule has 0 spiro atoms. The molecule has 2 aliphatic heterocycles. The highest BCUT2D eigenvalue weighted by atomic mass is 16.6. The number of nitro groups is 2. The number of carbonyl (C=O) groups is 2. The van der Waals surface area contributed by atoms with Crippen molar-refractivity contribution in [2.75, 3.05) is 19.6 Å². The van der Waals surface area contributed by atoms with Crippen molar-refractivity contribution in [3.63, 3.8) is 0 Å². The minimum absolute atomic E-state index is 0.0227. The maximum Gasteiger partial charge on any atom is 0.270 e. The van der Waals surface area contributed by atoms with E-state index in [9.17, 15) is 29.8 Å². The van der Waals surface area contributed by atoms with Crippen LogP contribution in [0.1, 0.15) is 46.9 Å². The smallest absolute Gasteiger partial charge is 0.270 e. The Labute approximate surface area is 171 Å². The van der Waals surface area contributed by atoms with Crippen molar-refractivity contribution in [2.24, 2.45) is 0 Å². The Balaban J connectivity index is 1.81. The molecule has 0 N–H and O–H groups in total. The molecule has 2 heterocycles. The van der Waals surface area contributed by atoms with Gasteiger partial charge in [0.1, 0.15) is 0 Å². The number of nitrogens with zero attached hydrogens (tertiary/aromatic N) is 4. The van der Waals surface area contributed by atoms with Crippen LogP contribution in [-0.4, -0.2) is 57.1 Å². The predicted octanol–water partition coefficient (Wildman–Crippen LogP) is 3.13. The first-order valence-electron chi connectivity index (χ1n) is 9.78. The summed E-state index contributed by atoms with van der Waals surface area (Å²) in [7, 11) is 0. The molecule has 1 unspecified atom stereocenters. The topological polar surface area (TPSA) is 127 Å². The van der Waals surface area contributed by atoms with Crippen LogP contribution in [0.3, 0.4) is 0 Å². The van der Waals surface area contributed by atoms with E-state index >= 15 is 0 Å². The van der Waals surface area contributed by atoms with Gasteiger partial charge in [0.25, 0.3) is 23.2 Å². The second-order valence-electron chi connectivity index (χ2n) is 7.77. The number of imide groups is 1. The summed E-state index contributed by atoms with van der Waals surface area (Å²) in [4.78, 5) is 51.0. The highest BCUT2D eigenvalue weighted by molar-refractivity contribution is 6.26. The van der Waals surface area contributed by atoms with Gasteiger partial charge in [0.15, 0.2) is 0 Å². The molecule has 2 aliphatic rings. The zero-order valence-corrected chi connectivity index (χ0v) is 16.4. The van der Waals surface area contributed by atoms with E-state index in [1.807, 2.05) is 6.92 Å². The zero-order chi connectivity index (χ0) is 21.6. The van der Waals surface area contributed by atoms with Crippen LogP contribution in [0.25, 0.3) is 10.8 Å². The third kappa shape index (κ3) is 3.28. The number of non-ortho nitro benzene ring substituents is 2. The number of nitro benzene ring substituents is 2. The third-order valence-electron chi connectivity index (χ3n) is 5.85. The Morgan fingerprint density at radius 3 is 1.87 bits per heavy atom. The maximum absolute atomic E-state index is 13.2. The van der Waals surface area contributed by atoms with Gasteiger partial charge in [-0.1, -0.05) is 6.42 Å². The fourth-order valence-electron chi connectivity index (χ4n) is 4.32. The molecule has 30 heavy (non-hydrogen) atoms.